The molecule has 3 nitrogen and oxygen atoms in total. The van der Waals surface area contributed by atoms with Gasteiger partial charge in [-0.2, -0.15) is 0 Å². The molecule has 0 heterocycles. The molecule has 0 saturated carbocycles. The highest BCUT2D eigenvalue weighted by Gasteiger charge is 2.11. The molecule has 1 atom stereocenters. The average molecular weight is 286 g/mol. The molecule has 0 bridgehead atoms. The number of hydrogen-bond donors (Lipinski definition) is 2. The van der Waals surface area contributed by atoms with Crippen LogP contribution in [0.2, 0.25) is 0 Å². The van der Waals surface area contributed by atoms with Gasteiger partial charge < -0.3 is 10.4 Å². The molecule has 16 heavy (non-hydrogen) atoms. The molecule has 4 heteroatoms. The summed E-state index contributed by atoms with van der Waals surface area (Å²) < 4.78 is 0.776. The summed E-state index contributed by atoms with van der Waals surface area (Å²) in [5, 5.41) is 12.3. The molecule has 1 rings (SSSR count). The summed E-state index contributed by atoms with van der Waals surface area (Å²) in [6.07, 6.45) is 2.10. The molecule has 0 spiro atoms. The maximum Gasteiger partial charge on any atom is 0.337 e. The SMILES string of the molecule is CCCC(C)Nc1ccc(Br)cc1C(=O)O. The molecule has 1 unspecified atom stereocenters. The first-order valence-electron chi connectivity index (χ1n) is 5.34. The molecule has 88 valence electrons. The zero-order valence-electron chi connectivity index (χ0n) is 9.46. The van der Waals surface area contributed by atoms with Gasteiger partial charge in [-0.15, -0.1) is 0 Å². The van der Waals surface area contributed by atoms with E-state index >= 15 is 0 Å². The lowest BCUT2D eigenvalue weighted by molar-refractivity contribution is 0.0698. The Hall–Kier alpha value is -1.03. The van der Waals surface area contributed by atoms with Crippen LogP contribution < -0.4 is 5.32 Å². The maximum atomic E-state index is 11.1. The maximum absolute atomic E-state index is 11.1. The van der Waals surface area contributed by atoms with Crippen molar-refractivity contribution < 1.29 is 9.90 Å². The summed E-state index contributed by atoms with van der Waals surface area (Å²) >= 11 is 3.27. The van der Waals surface area contributed by atoms with Crippen molar-refractivity contribution in [2.24, 2.45) is 0 Å². The van der Waals surface area contributed by atoms with Crippen LogP contribution in [0.25, 0.3) is 0 Å². The fourth-order valence-electron chi connectivity index (χ4n) is 1.59. The van der Waals surface area contributed by atoms with E-state index in [-0.39, 0.29) is 6.04 Å². The zero-order valence-corrected chi connectivity index (χ0v) is 11.0. The summed E-state index contributed by atoms with van der Waals surface area (Å²) in [6, 6.07) is 5.53. The minimum atomic E-state index is -0.910. The van der Waals surface area contributed by atoms with Crippen LogP contribution in [0.1, 0.15) is 37.0 Å². The summed E-state index contributed by atoms with van der Waals surface area (Å²) in [4.78, 5) is 11.1. The number of hydrogen-bond acceptors (Lipinski definition) is 2. The Bertz CT molecular complexity index is 379. The van der Waals surface area contributed by atoms with Crippen molar-refractivity contribution in [1.29, 1.82) is 0 Å². The predicted molar refractivity (Wildman–Crippen MR) is 69.1 cm³/mol. The third-order valence-electron chi connectivity index (χ3n) is 2.34. The fraction of sp³-hybridized carbons (Fsp3) is 0.417. The molecule has 0 saturated heterocycles. The quantitative estimate of drug-likeness (QED) is 0.866. The summed E-state index contributed by atoms with van der Waals surface area (Å²) in [5.74, 6) is -0.910. The van der Waals surface area contributed by atoms with Crippen LogP contribution in [0.3, 0.4) is 0 Å². The normalized spacial score (nSPS) is 12.2. The van der Waals surface area contributed by atoms with Gasteiger partial charge in [-0.05, 0) is 31.5 Å². The number of benzene rings is 1. The van der Waals surface area contributed by atoms with E-state index in [0.717, 1.165) is 17.3 Å². The number of carboxylic acids is 1. The second-order valence-corrected chi connectivity index (χ2v) is 4.74. The van der Waals surface area contributed by atoms with Gasteiger partial charge in [-0.3, -0.25) is 0 Å². The molecule has 0 fully saturated rings. The minimum Gasteiger partial charge on any atom is -0.478 e. The number of halogens is 1. The molecule has 2 N–H and O–H groups in total. The standard InChI is InChI=1S/C12H16BrNO2/c1-3-4-8(2)14-11-6-5-9(13)7-10(11)12(15)16/h5-8,14H,3-4H2,1-2H3,(H,15,16). The highest BCUT2D eigenvalue weighted by Crippen LogP contribution is 2.22. The van der Waals surface area contributed by atoms with Gasteiger partial charge in [-0.1, -0.05) is 29.3 Å². The molecule has 0 aliphatic rings. The Morgan fingerprint density at radius 3 is 2.81 bits per heavy atom. The van der Waals surface area contributed by atoms with Crippen LogP contribution in [0, 0.1) is 0 Å². The molecule has 1 aromatic rings. The minimum absolute atomic E-state index is 0.282. The van der Waals surface area contributed by atoms with E-state index in [9.17, 15) is 4.79 Å². The molecule has 1 aromatic carbocycles. The van der Waals surface area contributed by atoms with E-state index in [4.69, 9.17) is 5.11 Å². The number of carbonyl (C=O) groups is 1. The van der Waals surface area contributed by atoms with Crippen molar-refractivity contribution in [2.45, 2.75) is 32.7 Å². The number of rotatable bonds is 5. The fourth-order valence-corrected chi connectivity index (χ4v) is 1.95. The van der Waals surface area contributed by atoms with Crippen LogP contribution in [-0.2, 0) is 0 Å². The van der Waals surface area contributed by atoms with Crippen LogP contribution in [0.5, 0.6) is 0 Å². The van der Waals surface area contributed by atoms with Gasteiger partial charge in [0.2, 0.25) is 0 Å². The van der Waals surface area contributed by atoms with E-state index in [1.165, 1.54) is 0 Å². The molecule has 0 radical (unpaired) electrons. The van der Waals surface area contributed by atoms with E-state index in [1.54, 1.807) is 12.1 Å². The largest absolute Gasteiger partial charge is 0.478 e. The lowest BCUT2D eigenvalue weighted by Crippen LogP contribution is -2.16. The van der Waals surface area contributed by atoms with E-state index in [0.29, 0.717) is 11.3 Å². The highest BCUT2D eigenvalue weighted by atomic mass is 79.9. The third-order valence-corrected chi connectivity index (χ3v) is 2.83. The number of carboxylic acid groups (broad SMARTS) is 1. The van der Waals surface area contributed by atoms with Crippen molar-refractivity contribution in [3.8, 4) is 0 Å². The lowest BCUT2D eigenvalue weighted by atomic mass is 10.1. The number of nitrogens with one attached hydrogen (secondary N) is 1. The lowest BCUT2D eigenvalue weighted by Gasteiger charge is -2.16. The van der Waals surface area contributed by atoms with Crippen LogP contribution in [0.15, 0.2) is 22.7 Å². The molecular formula is C12H16BrNO2. The van der Waals surface area contributed by atoms with Crippen molar-refractivity contribution in [3.05, 3.63) is 28.2 Å². The van der Waals surface area contributed by atoms with Crippen molar-refractivity contribution >= 4 is 27.6 Å². The molecule has 0 aliphatic carbocycles. The van der Waals surface area contributed by atoms with Crippen LogP contribution in [-0.4, -0.2) is 17.1 Å². The Morgan fingerprint density at radius 2 is 2.25 bits per heavy atom. The monoisotopic (exact) mass is 285 g/mol. The highest BCUT2D eigenvalue weighted by molar-refractivity contribution is 9.10. The molecular weight excluding hydrogens is 270 g/mol. The molecule has 0 aliphatic heterocycles. The summed E-state index contributed by atoms with van der Waals surface area (Å²) in [7, 11) is 0. The van der Waals surface area contributed by atoms with Gasteiger partial charge in [0.05, 0.1) is 5.56 Å². The summed E-state index contributed by atoms with van der Waals surface area (Å²) in [6.45, 7) is 4.16. The zero-order chi connectivity index (χ0) is 12.1. The number of aromatic carboxylic acids is 1. The molecule has 0 aromatic heterocycles. The first-order valence-corrected chi connectivity index (χ1v) is 6.13. The predicted octanol–water partition coefficient (Wildman–Crippen LogP) is 3.75. The van der Waals surface area contributed by atoms with Crippen molar-refractivity contribution in [2.75, 3.05) is 5.32 Å². The van der Waals surface area contributed by atoms with Gasteiger partial charge in [0, 0.05) is 16.2 Å². The van der Waals surface area contributed by atoms with Gasteiger partial charge in [0.25, 0.3) is 0 Å². The van der Waals surface area contributed by atoms with E-state index in [2.05, 4.69) is 35.1 Å². The Kier molecular flexibility index (Phi) is 4.80. The second-order valence-electron chi connectivity index (χ2n) is 3.83. The van der Waals surface area contributed by atoms with Crippen LogP contribution in [0.4, 0.5) is 5.69 Å². The van der Waals surface area contributed by atoms with Gasteiger partial charge in [-0.25, -0.2) is 4.79 Å². The molecule has 0 amide bonds. The second kappa shape index (κ2) is 5.89. The van der Waals surface area contributed by atoms with Gasteiger partial charge >= 0.3 is 5.97 Å². The van der Waals surface area contributed by atoms with Gasteiger partial charge in [0.1, 0.15) is 0 Å². The summed E-state index contributed by atoms with van der Waals surface area (Å²) in [5.41, 5.74) is 0.981. The first-order chi connectivity index (χ1) is 7.54. The van der Waals surface area contributed by atoms with E-state index < -0.39 is 5.97 Å². The third kappa shape index (κ3) is 3.52. The Balaban J connectivity index is 2.90. The van der Waals surface area contributed by atoms with Crippen molar-refractivity contribution in [1.82, 2.24) is 0 Å². The number of anilines is 1. The van der Waals surface area contributed by atoms with E-state index in [1.807, 2.05) is 6.07 Å². The van der Waals surface area contributed by atoms with Gasteiger partial charge in [0.15, 0.2) is 0 Å². The average Bonchev–Trinajstić information content (AvgIpc) is 2.20. The van der Waals surface area contributed by atoms with Crippen molar-refractivity contribution in [3.63, 3.8) is 0 Å². The Labute approximate surface area is 104 Å². The topological polar surface area (TPSA) is 49.3 Å². The van der Waals surface area contributed by atoms with Crippen LogP contribution >= 0.6 is 15.9 Å². The smallest absolute Gasteiger partial charge is 0.337 e. The Morgan fingerprint density at radius 1 is 1.56 bits per heavy atom. The first kappa shape index (κ1) is 13.0.